The van der Waals surface area contributed by atoms with Crippen LogP contribution in [0.4, 0.5) is 0 Å². The monoisotopic (exact) mass is 430 g/mol. The molecule has 10 heteroatoms. The van der Waals surface area contributed by atoms with Gasteiger partial charge < -0.3 is 16.0 Å². The highest BCUT2D eigenvalue weighted by Gasteiger charge is 2.30. The van der Waals surface area contributed by atoms with E-state index < -0.39 is 10.0 Å². The fraction of sp³-hybridized carbons (Fsp3) is 0.556. The average Bonchev–Trinajstić information content (AvgIpc) is 3.49. The summed E-state index contributed by atoms with van der Waals surface area (Å²) in [5.41, 5.74) is 5.72. The topological polar surface area (TPSA) is 122 Å². The number of amides is 2. The van der Waals surface area contributed by atoms with Gasteiger partial charge in [-0.25, -0.2) is 13.1 Å². The van der Waals surface area contributed by atoms with Crippen LogP contribution in [0.2, 0.25) is 0 Å². The third-order valence-corrected chi connectivity index (χ3v) is 6.33. The molecule has 0 bridgehead atoms. The van der Waals surface area contributed by atoms with Crippen molar-refractivity contribution in [3.63, 3.8) is 0 Å². The van der Waals surface area contributed by atoms with Crippen LogP contribution in [0.1, 0.15) is 36.0 Å². The Morgan fingerprint density at radius 1 is 1.21 bits per heavy atom. The maximum absolute atomic E-state index is 12.9. The maximum Gasteiger partial charge on any atom is 0.253 e. The molecule has 28 heavy (non-hydrogen) atoms. The highest BCUT2D eigenvalue weighted by Crippen LogP contribution is 2.23. The Kier molecular flexibility index (Phi) is 7.82. The Balaban J connectivity index is 0.00000280. The van der Waals surface area contributed by atoms with Gasteiger partial charge in [-0.3, -0.25) is 9.59 Å². The van der Waals surface area contributed by atoms with Crippen molar-refractivity contribution in [2.45, 2.75) is 36.6 Å². The van der Waals surface area contributed by atoms with Crippen molar-refractivity contribution in [1.29, 1.82) is 0 Å². The van der Waals surface area contributed by atoms with Crippen LogP contribution in [0.3, 0.4) is 0 Å². The van der Waals surface area contributed by atoms with Gasteiger partial charge in [0.15, 0.2) is 0 Å². The second-order valence-electron chi connectivity index (χ2n) is 7.09. The minimum Gasteiger partial charge on any atom is -0.355 e. The first kappa shape index (κ1) is 22.6. The number of nitrogens with zero attached hydrogens (tertiary/aromatic N) is 1. The number of piperidine rings is 1. The lowest BCUT2D eigenvalue weighted by molar-refractivity contribution is -0.126. The molecule has 1 unspecified atom stereocenters. The molecule has 0 aromatic heterocycles. The number of nitrogens with one attached hydrogen (secondary N) is 2. The van der Waals surface area contributed by atoms with Crippen molar-refractivity contribution < 1.29 is 18.0 Å². The van der Waals surface area contributed by atoms with Crippen LogP contribution in [-0.2, 0) is 14.8 Å². The second kappa shape index (κ2) is 9.69. The molecule has 0 radical (unpaired) electrons. The number of carbonyl (C=O) groups is 2. The van der Waals surface area contributed by atoms with Crippen LogP contribution in [0.15, 0.2) is 29.2 Å². The molecule has 2 amide bonds. The average molecular weight is 431 g/mol. The molecular weight excluding hydrogens is 404 g/mol. The van der Waals surface area contributed by atoms with Gasteiger partial charge >= 0.3 is 0 Å². The van der Waals surface area contributed by atoms with Gasteiger partial charge in [-0.2, -0.15) is 0 Å². The summed E-state index contributed by atoms with van der Waals surface area (Å²) in [6.07, 6.45) is 3.14. The molecule has 1 saturated carbocycles. The number of likely N-dealkylation sites (tertiary alicyclic amines) is 1. The zero-order valence-corrected chi connectivity index (χ0v) is 17.2. The molecule has 2 fully saturated rings. The SMILES string of the molecule is Cl.NCCNC(=O)C1CCCN(C(=O)c2cccc(S(=O)(=O)NC3CC3)c2)C1. The molecule has 1 saturated heterocycles. The molecule has 1 aromatic rings. The van der Waals surface area contributed by atoms with Crippen LogP contribution in [0.5, 0.6) is 0 Å². The Labute approximate surface area is 171 Å². The van der Waals surface area contributed by atoms with Gasteiger partial charge in [0.05, 0.1) is 10.8 Å². The van der Waals surface area contributed by atoms with Crippen molar-refractivity contribution in [2.75, 3.05) is 26.2 Å². The highest BCUT2D eigenvalue weighted by molar-refractivity contribution is 7.89. The minimum atomic E-state index is -3.61. The van der Waals surface area contributed by atoms with Gasteiger partial charge in [0, 0.05) is 37.8 Å². The van der Waals surface area contributed by atoms with Crippen LogP contribution in [-0.4, -0.2) is 57.4 Å². The standard InChI is InChI=1S/C18H26N4O4S.ClH/c19-8-9-20-17(23)14-4-2-10-22(12-14)18(24)13-3-1-5-16(11-13)27(25,26)21-15-6-7-15;/h1,3,5,11,14-15,21H,2,4,6-10,12,19H2,(H,20,23);1H. The van der Waals surface area contributed by atoms with Gasteiger partial charge in [0.1, 0.15) is 0 Å². The molecule has 8 nitrogen and oxygen atoms in total. The summed E-state index contributed by atoms with van der Waals surface area (Å²) < 4.78 is 27.4. The number of rotatable bonds is 7. The quantitative estimate of drug-likeness (QED) is 0.580. The molecule has 1 atom stereocenters. The van der Waals surface area contributed by atoms with Crippen LogP contribution >= 0.6 is 12.4 Å². The number of nitrogens with two attached hydrogens (primary N) is 1. The second-order valence-corrected chi connectivity index (χ2v) is 8.81. The lowest BCUT2D eigenvalue weighted by Gasteiger charge is -2.32. The zero-order valence-electron chi connectivity index (χ0n) is 15.6. The zero-order chi connectivity index (χ0) is 19.4. The van der Waals surface area contributed by atoms with Gasteiger partial charge in [-0.1, -0.05) is 6.07 Å². The van der Waals surface area contributed by atoms with E-state index in [0.29, 0.717) is 31.7 Å². The Hall–Kier alpha value is -1.68. The fourth-order valence-corrected chi connectivity index (χ4v) is 4.53. The first-order chi connectivity index (χ1) is 12.9. The Bertz CT molecular complexity index is 814. The summed E-state index contributed by atoms with van der Waals surface area (Å²) in [5, 5.41) is 2.76. The fourth-order valence-electron chi connectivity index (χ4n) is 3.18. The summed E-state index contributed by atoms with van der Waals surface area (Å²) in [6, 6.07) is 6.08. The van der Waals surface area contributed by atoms with Crippen molar-refractivity contribution in [2.24, 2.45) is 11.7 Å². The molecule has 156 valence electrons. The summed E-state index contributed by atoms with van der Waals surface area (Å²) in [5.74, 6) is -0.615. The predicted molar refractivity (Wildman–Crippen MR) is 108 cm³/mol. The molecule has 3 rings (SSSR count). The molecule has 1 aliphatic heterocycles. The lowest BCUT2D eigenvalue weighted by Crippen LogP contribution is -2.46. The van der Waals surface area contributed by atoms with Gasteiger partial charge in [0.25, 0.3) is 5.91 Å². The molecule has 4 N–H and O–H groups in total. The number of benzene rings is 1. The van der Waals surface area contributed by atoms with Crippen LogP contribution < -0.4 is 15.8 Å². The summed E-state index contributed by atoms with van der Waals surface area (Å²) in [6.45, 7) is 1.66. The van der Waals surface area contributed by atoms with E-state index in [-0.39, 0.29) is 41.1 Å². The van der Waals surface area contributed by atoms with Crippen molar-refractivity contribution in [3.8, 4) is 0 Å². The largest absolute Gasteiger partial charge is 0.355 e. The lowest BCUT2D eigenvalue weighted by atomic mass is 9.96. The van der Waals surface area contributed by atoms with Gasteiger partial charge in [0.2, 0.25) is 15.9 Å². The molecule has 1 heterocycles. The highest BCUT2D eigenvalue weighted by atomic mass is 35.5. The number of halogens is 1. The van der Waals surface area contributed by atoms with E-state index in [9.17, 15) is 18.0 Å². The third-order valence-electron chi connectivity index (χ3n) is 4.81. The summed E-state index contributed by atoms with van der Waals surface area (Å²) >= 11 is 0. The number of hydrogen-bond acceptors (Lipinski definition) is 5. The normalized spacial score (nSPS) is 19.6. The molecule has 0 spiro atoms. The third kappa shape index (κ3) is 5.66. The van der Waals surface area contributed by atoms with E-state index in [1.54, 1.807) is 17.0 Å². The van der Waals surface area contributed by atoms with Gasteiger partial charge in [-0.15, -0.1) is 12.4 Å². The van der Waals surface area contributed by atoms with E-state index >= 15 is 0 Å². The Morgan fingerprint density at radius 3 is 2.64 bits per heavy atom. The first-order valence-corrected chi connectivity index (χ1v) is 10.8. The number of carbonyl (C=O) groups excluding carboxylic acids is 2. The van der Waals surface area contributed by atoms with E-state index in [2.05, 4.69) is 10.0 Å². The Morgan fingerprint density at radius 2 is 1.96 bits per heavy atom. The van der Waals surface area contributed by atoms with Crippen LogP contribution in [0.25, 0.3) is 0 Å². The van der Waals surface area contributed by atoms with Crippen molar-refractivity contribution in [3.05, 3.63) is 29.8 Å². The van der Waals surface area contributed by atoms with E-state index in [0.717, 1.165) is 25.7 Å². The number of sulfonamides is 1. The van der Waals surface area contributed by atoms with E-state index in [1.807, 2.05) is 0 Å². The van der Waals surface area contributed by atoms with Gasteiger partial charge in [-0.05, 0) is 43.9 Å². The first-order valence-electron chi connectivity index (χ1n) is 9.30. The predicted octanol–water partition coefficient (Wildman–Crippen LogP) is 0.476. The summed E-state index contributed by atoms with van der Waals surface area (Å²) in [4.78, 5) is 26.7. The number of hydrogen-bond donors (Lipinski definition) is 3. The molecular formula is C18H27ClN4O4S. The van der Waals surface area contributed by atoms with E-state index in [1.165, 1.54) is 12.1 Å². The van der Waals surface area contributed by atoms with Crippen molar-refractivity contribution in [1.82, 2.24) is 14.9 Å². The smallest absolute Gasteiger partial charge is 0.253 e. The molecule has 1 aliphatic carbocycles. The maximum atomic E-state index is 12.9. The van der Waals surface area contributed by atoms with Crippen LogP contribution in [0, 0.1) is 5.92 Å². The molecule has 2 aliphatic rings. The molecule has 1 aromatic carbocycles. The minimum absolute atomic E-state index is 0. The summed E-state index contributed by atoms with van der Waals surface area (Å²) in [7, 11) is -3.61. The van der Waals surface area contributed by atoms with Crippen molar-refractivity contribution >= 4 is 34.2 Å². The van der Waals surface area contributed by atoms with E-state index in [4.69, 9.17) is 5.73 Å².